The van der Waals surface area contributed by atoms with Gasteiger partial charge in [0.1, 0.15) is 0 Å². The van der Waals surface area contributed by atoms with Crippen LogP contribution in [0.15, 0.2) is 21.7 Å². The summed E-state index contributed by atoms with van der Waals surface area (Å²) in [6.45, 7) is 0. The molecule has 0 atom stereocenters. The van der Waals surface area contributed by atoms with Crippen molar-refractivity contribution >= 4 is 10.8 Å². The molecule has 0 N–H and O–H groups in total. The predicted octanol–water partition coefficient (Wildman–Crippen LogP) is 0.453. The van der Waals surface area contributed by atoms with Gasteiger partial charge in [0.25, 0.3) is 0 Å². The normalized spacial score (nSPS) is 10.7. The summed E-state index contributed by atoms with van der Waals surface area (Å²) >= 11 is 0. The topological polar surface area (TPSA) is 52.6 Å². The zero-order valence-corrected chi connectivity index (χ0v) is 7.79. The maximum Gasteiger partial charge on any atom is 0.234 e. The fraction of sp³-hybridized carbons (Fsp3) is 0.200. The molecular formula is C10H8O4. The van der Waals surface area contributed by atoms with Crippen LogP contribution in [0.3, 0.4) is 0 Å². The van der Waals surface area contributed by atoms with E-state index in [1.807, 2.05) is 0 Å². The molecular weight excluding hydrogens is 184 g/mol. The first kappa shape index (κ1) is 8.74. The van der Waals surface area contributed by atoms with Crippen LogP contribution in [-0.2, 0) is 0 Å². The van der Waals surface area contributed by atoms with Gasteiger partial charge in [-0.05, 0) is 12.1 Å². The molecule has 2 rings (SSSR count). The number of hydrogen-bond acceptors (Lipinski definition) is 4. The molecule has 0 aromatic heterocycles. The van der Waals surface area contributed by atoms with E-state index in [-0.39, 0.29) is 0 Å². The Morgan fingerprint density at radius 2 is 1.21 bits per heavy atom. The molecule has 2 aromatic rings. The van der Waals surface area contributed by atoms with Crippen molar-refractivity contribution in [2.24, 2.45) is 0 Å². The van der Waals surface area contributed by atoms with Crippen molar-refractivity contribution in [3.8, 4) is 11.5 Å². The number of methoxy groups -OCH3 is 2. The number of rotatable bonds is 2. The van der Waals surface area contributed by atoms with Crippen LogP contribution in [0.2, 0.25) is 0 Å². The minimum absolute atomic E-state index is 0.410. The molecule has 0 amide bonds. The van der Waals surface area contributed by atoms with Crippen molar-refractivity contribution in [3.63, 3.8) is 0 Å². The van der Waals surface area contributed by atoms with Crippen molar-refractivity contribution in [1.29, 1.82) is 0 Å². The summed E-state index contributed by atoms with van der Waals surface area (Å²) in [4.78, 5) is 22.1. The summed E-state index contributed by atoms with van der Waals surface area (Å²) < 4.78 is 10.0. The molecule has 0 aliphatic carbocycles. The lowest BCUT2D eigenvalue weighted by atomic mass is 10.0. The van der Waals surface area contributed by atoms with Gasteiger partial charge in [0.05, 0.1) is 14.2 Å². The maximum absolute atomic E-state index is 11.1. The van der Waals surface area contributed by atoms with Gasteiger partial charge < -0.3 is 9.47 Å². The van der Waals surface area contributed by atoms with Crippen molar-refractivity contribution < 1.29 is 9.47 Å². The van der Waals surface area contributed by atoms with Crippen LogP contribution in [-0.4, -0.2) is 14.2 Å². The van der Waals surface area contributed by atoms with Crippen LogP contribution < -0.4 is 20.3 Å². The summed E-state index contributed by atoms with van der Waals surface area (Å²) in [7, 11) is 2.96. The summed E-state index contributed by atoms with van der Waals surface area (Å²) in [5.74, 6) is 0.930. The van der Waals surface area contributed by atoms with Gasteiger partial charge >= 0.3 is 0 Å². The fourth-order valence-electron chi connectivity index (χ4n) is 1.44. The van der Waals surface area contributed by atoms with Crippen LogP contribution in [0.5, 0.6) is 11.5 Å². The summed E-state index contributed by atoms with van der Waals surface area (Å²) in [6.07, 6.45) is 0. The second kappa shape index (κ2) is 2.83. The molecule has 0 aliphatic rings. The van der Waals surface area contributed by atoms with E-state index >= 15 is 0 Å². The van der Waals surface area contributed by atoms with Crippen LogP contribution in [0.1, 0.15) is 0 Å². The zero-order chi connectivity index (χ0) is 10.3. The van der Waals surface area contributed by atoms with Crippen molar-refractivity contribution in [2.75, 3.05) is 14.2 Å². The number of benzene rings is 1. The molecule has 0 saturated heterocycles. The van der Waals surface area contributed by atoms with Gasteiger partial charge in [-0.25, -0.2) is 0 Å². The lowest BCUT2D eigenvalue weighted by molar-refractivity contribution is 0.355. The fourth-order valence-corrected chi connectivity index (χ4v) is 1.44. The smallest absolute Gasteiger partial charge is 0.234 e. The first-order valence-corrected chi connectivity index (χ1v) is 4.04. The molecule has 4 heteroatoms. The minimum Gasteiger partial charge on any atom is -0.493 e. The van der Waals surface area contributed by atoms with E-state index in [9.17, 15) is 9.59 Å². The van der Waals surface area contributed by atoms with Crippen molar-refractivity contribution in [2.45, 2.75) is 0 Å². The van der Waals surface area contributed by atoms with Crippen LogP contribution in [0.4, 0.5) is 0 Å². The molecule has 0 bridgehead atoms. The maximum atomic E-state index is 11.1. The highest BCUT2D eigenvalue weighted by Gasteiger charge is 2.16. The van der Waals surface area contributed by atoms with Gasteiger partial charge in [-0.15, -0.1) is 0 Å². The molecule has 0 heterocycles. The second-order valence-electron chi connectivity index (χ2n) is 2.91. The molecule has 0 spiro atoms. The minimum atomic E-state index is -0.457. The third-order valence-corrected chi connectivity index (χ3v) is 2.22. The molecule has 14 heavy (non-hydrogen) atoms. The van der Waals surface area contributed by atoms with Gasteiger partial charge in [0.15, 0.2) is 11.5 Å². The van der Waals surface area contributed by atoms with Crippen LogP contribution >= 0.6 is 0 Å². The number of fused-ring (bicyclic) bond motifs is 1. The quantitative estimate of drug-likeness (QED) is 0.648. The highest BCUT2D eigenvalue weighted by atomic mass is 16.5. The Kier molecular flexibility index (Phi) is 1.77. The molecule has 0 unspecified atom stereocenters. The van der Waals surface area contributed by atoms with Gasteiger partial charge in [-0.3, -0.25) is 9.59 Å². The Bertz CT molecular complexity index is 510. The average Bonchev–Trinajstić information content (AvgIpc) is 2.25. The van der Waals surface area contributed by atoms with Crippen molar-refractivity contribution in [1.82, 2.24) is 0 Å². The lowest BCUT2D eigenvalue weighted by Crippen LogP contribution is -2.30. The van der Waals surface area contributed by atoms with Gasteiger partial charge in [-0.1, -0.05) is 0 Å². The largest absolute Gasteiger partial charge is 0.493 e. The zero-order valence-electron chi connectivity index (χ0n) is 7.79. The standard InChI is InChI=1S/C10H8O4/c1-13-7-3-5-6(4-8(7)14-2)10(12)9(5)11/h3-4H,1-2H3. The average molecular weight is 192 g/mol. The molecule has 2 aromatic carbocycles. The Hall–Kier alpha value is -1.84. The lowest BCUT2D eigenvalue weighted by Gasteiger charge is -2.09. The van der Waals surface area contributed by atoms with E-state index in [4.69, 9.17) is 9.47 Å². The summed E-state index contributed by atoms with van der Waals surface area (Å²) in [5, 5.41) is 0.820. The second-order valence-corrected chi connectivity index (χ2v) is 2.91. The monoisotopic (exact) mass is 192 g/mol. The predicted molar refractivity (Wildman–Crippen MR) is 52.0 cm³/mol. The molecule has 4 nitrogen and oxygen atoms in total. The van der Waals surface area contributed by atoms with Gasteiger partial charge in [0.2, 0.25) is 10.9 Å². The van der Waals surface area contributed by atoms with Crippen LogP contribution in [0.25, 0.3) is 10.8 Å². The third-order valence-electron chi connectivity index (χ3n) is 2.22. The first-order chi connectivity index (χ1) is 6.69. The van der Waals surface area contributed by atoms with E-state index < -0.39 is 10.9 Å². The van der Waals surface area contributed by atoms with E-state index in [1.165, 1.54) is 26.4 Å². The summed E-state index contributed by atoms with van der Waals surface area (Å²) in [6, 6.07) is 3.05. The van der Waals surface area contributed by atoms with E-state index in [0.717, 1.165) is 0 Å². The Morgan fingerprint density at radius 3 is 1.50 bits per heavy atom. The molecule has 0 aliphatic heterocycles. The SMILES string of the molecule is COc1cc2c(=O)c(=O)c2cc1OC. The van der Waals surface area contributed by atoms with Crippen molar-refractivity contribution in [3.05, 3.63) is 32.6 Å². The first-order valence-electron chi connectivity index (χ1n) is 4.04. The highest BCUT2D eigenvalue weighted by molar-refractivity contribution is 5.90. The van der Waals surface area contributed by atoms with Gasteiger partial charge in [0, 0.05) is 10.8 Å². The Balaban J connectivity index is 2.78. The third kappa shape index (κ3) is 0.937. The van der Waals surface area contributed by atoms with E-state index in [2.05, 4.69) is 0 Å². The van der Waals surface area contributed by atoms with Gasteiger partial charge in [-0.2, -0.15) is 0 Å². The number of ether oxygens (including phenoxy) is 2. The van der Waals surface area contributed by atoms with Crippen LogP contribution in [0, 0.1) is 0 Å². The number of hydrogen-bond donors (Lipinski definition) is 0. The summed E-state index contributed by atoms with van der Waals surface area (Å²) in [5.41, 5.74) is -0.915. The van der Waals surface area contributed by atoms with E-state index in [0.29, 0.717) is 22.3 Å². The van der Waals surface area contributed by atoms with E-state index in [1.54, 1.807) is 0 Å². The molecule has 0 saturated carbocycles. The molecule has 0 fully saturated rings. The Labute approximate surface area is 79.4 Å². The highest BCUT2D eigenvalue weighted by Crippen LogP contribution is 2.29. The Morgan fingerprint density at radius 1 is 0.857 bits per heavy atom. The molecule has 72 valence electrons. The molecule has 0 radical (unpaired) electrons.